The van der Waals surface area contributed by atoms with Crippen LogP contribution in [0.3, 0.4) is 0 Å². The Labute approximate surface area is 164 Å². The van der Waals surface area contributed by atoms with Gasteiger partial charge in [-0.15, -0.1) is 10.2 Å². The highest BCUT2D eigenvalue weighted by atomic mass is 32.2. The van der Waals surface area contributed by atoms with Crippen molar-refractivity contribution in [1.29, 1.82) is 0 Å². The number of carbonyl (C=O) groups excluding carboxylic acids is 2. The van der Waals surface area contributed by atoms with Crippen molar-refractivity contribution in [3.63, 3.8) is 0 Å². The first-order chi connectivity index (χ1) is 12.8. The lowest BCUT2D eigenvalue weighted by Crippen LogP contribution is -2.40. The maximum Gasteiger partial charge on any atom is 0.237 e. The van der Waals surface area contributed by atoms with Gasteiger partial charge in [-0.1, -0.05) is 37.2 Å². The fraction of sp³-hybridized carbons (Fsp3) is 0.474. The van der Waals surface area contributed by atoms with E-state index in [0.717, 1.165) is 35.5 Å². The first-order valence-corrected chi connectivity index (χ1v) is 10.0. The third-order valence-electron chi connectivity index (χ3n) is 4.21. The molecule has 0 aliphatic heterocycles. The van der Waals surface area contributed by atoms with E-state index >= 15 is 0 Å². The quantitative estimate of drug-likeness (QED) is 0.665. The molecule has 0 atom stereocenters. The molecular formula is C19H27N5O2S. The van der Waals surface area contributed by atoms with Crippen molar-refractivity contribution in [1.82, 2.24) is 19.7 Å². The van der Waals surface area contributed by atoms with Crippen LogP contribution in [-0.2, 0) is 9.59 Å². The highest BCUT2D eigenvalue weighted by Gasteiger charge is 2.19. The normalized spacial score (nSPS) is 10.8. The van der Waals surface area contributed by atoms with Crippen molar-refractivity contribution >= 4 is 23.6 Å². The largest absolute Gasteiger partial charge is 0.368 e. The minimum Gasteiger partial charge on any atom is -0.368 e. The molecule has 1 aromatic heterocycles. The molecule has 1 aromatic carbocycles. The van der Waals surface area contributed by atoms with Crippen LogP contribution in [0, 0.1) is 20.8 Å². The van der Waals surface area contributed by atoms with Crippen molar-refractivity contribution in [2.75, 3.05) is 18.8 Å². The minimum absolute atomic E-state index is 0.0535. The third-order valence-corrected chi connectivity index (χ3v) is 5.12. The zero-order valence-electron chi connectivity index (χ0n) is 16.4. The van der Waals surface area contributed by atoms with Crippen LogP contribution >= 0.6 is 11.8 Å². The second-order valence-corrected chi connectivity index (χ2v) is 7.52. The molecule has 0 radical (unpaired) electrons. The zero-order valence-corrected chi connectivity index (χ0v) is 17.2. The predicted octanol–water partition coefficient (Wildman–Crippen LogP) is 2.40. The van der Waals surface area contributed by atoms with E-state index in [4.69, 9.17) is 5.73 Å². The van der Waals surface area contributed by atoms with Crippen LogP contribution < -0.4 is 5.73 Å². The Morgan fingerprint density at radius 1 is 1.22 bits per heavy atom. The number of hydrogen-bond donors (Lipinski definition) is 1. The van der Waals surface area contributed by atoms with Gasteiger partial charge in [0.2, 0.25) is 11.8 Å². The van der Waals surface area contributed by atoms with Crippen LogP contribution in [-0.4, -0.2) is 50.3 Å². The number of thioether (sulfide) groups is 1. The van der Waals surface area contributed by atoms with Gasteiger partial charge in [0.25, 0.3) is 0 Å². The molecule has 1 heterocycles. The molecule has 146 valence electrons. The molecule has 8 heteroatoms. The van der Waals surface area contributed by atoms with E-state index in [1.807, 2.05) is 32.3 Å². The van der Waals surface area contributed by atoms with Gasteiger partial charge in [0.05, 0.1) is 18.0 Å². The van der Waals surface area contributed by atoms with E-state index < -0.39 is 5.91 Å². The summed E-state index contributed by atoms with van der Waals surface area (Å²) in [5, 5.41) is 9.07. The van der Waals surface area contributed by atoms with Crippen LogP contribution in [0.4, 0.5) is 0 Å². The molecule has 0 aliphatic carbocycles. The summed E-state index contributed by atoms with van der Waals surface area (Å²) in [6, 6.07) is 6.20. The molecule has 0 bridgehead atoms. The van der Waals surface area contributed by atoms with Crippen molar-refractivity contribution < 1.29 is 9.59 Å². The number of hydrogen-bond acceptors (Lipinski definition) is 5. The van der Waals surface area contributed by atoms with Gasteiger partial charge >= 0.3 is 0 Å². The predicted molar refractivity (Wildman–Crippen MR) is 107 cm³/mol. The van der Waals surface area contributed by atoms with E-state index in [1.165, 1.54) is 16.7 Å². The SMILES string of the molecule is CCCCN(CC(N)=O)C(=O)CSc1nnc(C)n1-c1cc(C)ccc1C. The van der Waals surface area contributed by atoms with Gasteiger partial charge in [-0.3, -0.25) is 14.2 Å². The van der Waals surface area contributed by atoms with Crippen molar-refractivity contribution in [3.8, 4) is 5.69 Å². The zero-order chi connectivity index (χ0) is 20.0. The van der Waals surface area contributed by atoms with Gasteiger partial charge in [-0.2, -0.15) is 0 Å². The summed E-state index contributed by atoms with van der Waals surface area (Å²) in [7, 11) is 0. The number of nitrogens with two attached hydrogens (primary N) is 1. The summed E-state index contributed by atoms with van der Waals surface area (Å²) >= 11 is 1.32. The molecule has 2 rings (SSSR count). The van der Waals surface area contributed by atoms with Gasteiger partial charge < -0.3 is 10.6 Å². The Kier molecular flexibility index (Phi) is 7.41. The van der Waals surface area contributed by atoms with Crippen LogP contribution in [0.5, 0.6) is 0 Å². The summed E-state index contributed by atoms with van der Waals surface area (Å²) in [6.07, 6.45) is 1.78. The van der Waals surface area contributed by atoms with Gasteiger partial charge in [0.1, 0.15) is 5.82 Å². The van der Waals surface area contributed by atoms with Crippen molar-refractivity contribution in [2.24, 2.45) is 5.73 Å². The first kappa shape index (κ1) is 21.0. The molecule has 2 amide bonds. The Hall–Kier alpha value is -2.35. The molecular weight excluding hydrogens is 362 g/mol. The molecule has 0 aliphatic rings. The molecule has 0 saturated heterocycles. The van der Waals surface area contributed by atoms with E-state index in [-0.39, 0.29) is 18.2 Å². The first-order valence-electron chi connectivity index (χ1n) is 9.02. The third kappa shape index (κ3) is 5.56. The van der Waals surface area contributed by atoms with Gasteiger partial charge in [0.15, 0.2) is 5.16 Å². The molecule has 0 spiro atoms. The lowest BCUT2D eigenvalue weighted by molar-refractivity contribution is -0.133. The Morgan fingerprint density at radius 3 is 2.63 bits per heavy atom. The molecule has 7 nitrogen and oxygen atoms in total. The number of benzene rings is 1. The second-order valence-electron chi connectivity index (χ2n) is 6.58. The monoisotopic (exact) mass is 389 g/mol. The number of aromatic nitrogens is 3. The molecule has 2 aromatic rings. The minimum atomic E-state index is -0.501. The maximum absolute atomic E-state index is 12.6. The number of carbonyl (C=O) groups is 2. The highest BCUT2D eigenvalue weighted by molar-refractivity contribution is 7.99. The number of aryl methyl sites for hydroxylation is 3. The number of nitrogens with zero attached hydrogens (tertiary/aromatic N) is 4. The van der Waals surface area contributed by atoms with Crippen LogP contribution in [0.1, 0.15) is 36.7 Å². The Morgan fingerprint density at radius 2 is 1.96 bits per heavy atom. The van der Waals surface area contributed by atoms with E-state index in [1.54, 1.807) is 0 Å². The van der Waals surface area contributed by atoms with Gasteiger partial charge in [-0.05, 0) is 44.4 Å². The molecule has 2 N–H and O–H groups in total. The summed E-state index contributed by atoms with van der Waals surface area (Å²) in [5.74, 6) is 0.317. The average Bonchev–Trinajstić information content (AvgIpc) is 2.98. The van der Waals surface area contributed by atoms with Crippen molar-refractivity contribution in [2.45, 2.75) is 45.7 Å². The summed E-state index contributed by atoms with van der Waals surface area (Å²) in [6.45, 7) is 8.48. The maximum atomic E-state index is 12.6. The molecule has 0 saturated carbocycles. The van der Waals surface area contributed by atoms with Gasteiger partial charge in [-0.25, -0.2) is 0 Å². The topological polar surface area (TPSA) is 94.1 Å². The van der Waals surface area contributed by atoms with E-state index in [9.17, 15) is 9.59 Å². The van der Waals surface area contributed by atoms with Crippen LogP contribution in [0.15, 0.2) is 23.4 Å². The van der Waals surface area contributed by atoms with Crippen LogP contribution in [0.2, 0.25) is 0 Å². The Bertz CT molecular complexity index is 818. The lowest BCUT2D eigenvalue weighted by Gasteiger charge is -2.20. The smallest absolute Gasteiger partial charge is 0.237 e. The average molecular weight is 390 g/mol. The summed E-state index contributed by atoms with van der Waals surface area (Å²) in [5.41, 5.74) is 8.53. The molecule has 0 unspecified atom stereocenters. The fourth-order valence-electron chi connectivity index (χ4n) is 2.72. The lowest BCUT2D eigenvalue weighted by atomic mass is 10.1. The number of primary amides is 1. The molecule has 27 heavy (non-hydrogen) atoms. The van der Waals surface area contributed by atoms with Crippen molar-refractivity contribution in [3.05, 3.63) is 35.2 Å². The molecule has 0 fully saturated rings. The number of rotatable bonds is 9. The fourth-order valence-corrected chi connectivity index (χ4v) is 3.61. The summed E-state index contributed by atoms with van der Waals surface area (Å²) in [4.78, 5) is 25.4. The van der Waals surface area contributed by atoms with E-state index in [2.05, 4.69) is 28.4 Å². The number of unbranched alkanes of at least 4 members (excludes halogenated alkanes) is 1. The van der Waals surface area contributed by atoms with Gasteiger partial charge in [0, 0.05) is 6.54 Å². The standard InChI is InChI=1S/C19H27N5O2S/c1-5-6-9-23(11-17(20)25)18(26)12-27-19-22-21-15(4)24(19)16-10-13(2)7-8-14(16)3/h7-8,10H,5-6,9,11-12H2,1-4H3,(H2,20,25). The summed E-state index contributed by atoms with van der Waals surface area (Å²) < 4.78 is 1.96. The number of amides is 2. The Balaban J connectivity index is 2.17. The van der Waals surface area contributed by atoms with E-state index in [0.29, 0.717) is 11.7 Å². The highest BCUT2D eigenvalue weighted by Crippen LogP contribution is 2.25. The van der Waals surface area contributed by atoms with Crippen LogP contribution in [0.25, 0.3) is 5.69 Å². The second kappa shape index (κ2) is 9.55.